The van der Waals surface area contributed by atoms with Gasteiger partial charge in [-0.1, -0.05) is 12.1 Å². The van der Waals surface area contributed by atoms with Gasteiger partial charge in [0.25, 0.3) is 0 Å². The van der Waals surface area contributed by atoms with Gasteiger partial charge in [-0.15, -0.1) is 0 Å². The van der Waals surface area contributed by atoms with Gasteiger partial charge in [0.15, 0.2) is 0 Å². The highest BCUT2D eigenvalue weighted by atomic mass is 19.4. The minimum atomic E-state index is -4.53. The van der Waals surface area contributed by atoms with Gasteiger partial charge in [-0.25, -0.2) is 4.79 Å². The molecule has 1 rings (SSSR count). The van der Waals surface area contributed by atoms with Gasteiger partial charge in [-0.2, -0.15) is 13.2 Å². The number of hydrogen-bond acceptors (Lipinski definition) is 3. The van der Waals surface area contributed by atoms with Gasteiger partial charge in [0, 0.05) is 26.7 Å². The van der Waals surface area contributed by atoms with E-state index >= 15 is 0 Å². The second kappa shape index (κ2) is 7.84. The van der Waals surface area contributed by atoms with Crippen molar-refractivity contribution in [2.24, 2.45) is 5.73 Å². The summed E-state index contributed by atoms with van der Waals surface area (Å²) in [6, 6.07) is 4.17. The molecule has 0 spiro atoms. The summed E-state index contributed by atoms with van der Waals surface area (Å²) in [5.74, 6) is 0. The molecule has 0 aliphatic rings. The summed E-state index contributed by atoms with van der Waals surface area (Å²) in [6.07, 6.45) is -4.53. The van der Waals surface area contributed by atoms with Crippen LogP contribution in [-0.2, 0) is 10.9 Å². The smallest absolute Gasteiger partial charge is 0.383 e. The third kappa shape index (κ3) is 5.24. The summed E-state index contributed by atoms with van der Waals surface area (Å²) in [6.45, 7) is 0.948. The van der Waals surface area contributed by atoms with Gasteiger partial charge in [-0.05, 0) is 12.1 Å². The number of benzene rings is 1. The van der Waals surface area contributed by atoms with E-state index in [4.69, 9.17) is 10.5 Å². The molecule has 0 unspecified atom stereocenters. The van der Waals surface area contributed by atoms with Crippen molar-refractivity contribution in [3.63, 3.8) is 0 Å². The number of methoxy groups -OCH3 is 1. The highest BCUT2D eigenvalue weighted by Crippen LogP contribution is 2.34. The van der Waals surface area contributed by atoms with Crippen LogP contribution in [0.3, 0.4) is 0 Å². The SMILES string of the molecule is COCCN(CCN)C(=O)Nc1ccccc1C(F)(F)F. The molecule has 118 valence electrons. The Morgan fingerprint density at radius 2 is 2.00 bits per heavy atom. The van der Waals surface area contributed by atoms with E-state index in [-0.39, 0.29) is 31.9 Å². The quantitative estimate of drug-likeness (QED) is 0.846. The van der Waals surface area contributed by atoms with Crippen molar-refractivity contribution in [1.29, 1.82) is 0 Å². The second-order valence-corrected chi connectivity index (χ2v) is 4.24. The van der Waals surface area contributed by atoms with E-state index in [0.717, 1.165) is 6.07 Å². The van der Waals surface area contributed by atoms with Crippen LogP contribution in [0.15, 0.2) is 24.3 Å². The van der Waals surface area contributed by atoms with Gasteiger partial charge in [0.05, 0.1) is 17.9 Å². The van der Waals surface area contributed by atoms with Crippen LogP contribution in [0.25, 0.3) is 0 Å². The molecule has 1 aromatic rings. The number of ether oxygens (including phenoxy) is 1. The fourth-order valence-electron chi connectivity index (χ4n) is 1.71. The molecular weight excluding hydrogens is 287 g/mol. The normalized spacial score (nSPS) is 11.3. The molecule has 5 nitrogen and oxygen atoms in total. The van der Waals surface area contributed by atoms with Crippen LogP contribution in [0.1, 0.15) is 5.56 Å². The van der Waals surface area contributed by atoms with E-state index in [9.17, 15) is 18.0 Å². The first kappa shape index (κ1) is 17.3. The molecule has 0 atom stereocenters. The number of para-hydroxylation sites is 1. The van der Waals surface area contributed by atoms with E-state index in [1.165, 1.54) is 30.2 Å². The topological polar surface area (TPSA) is 67.6 Å². The minimum absolute atomic E-state index is 0.206. The summed E-state index contributed by atoms with van der Waals surface area (Å²) >= 11 is 0. The average molecular weight is 305 g/mol. The van der Waals surface area contributed by atoms with E-state index in [1.54, 1.807) is 0 Å². The number of alkyl halides is 3. The zero-order valence-electron chi connectivity index (χ0n) is 11.6. The van der Waals surface area contributed by atoms with Crippen LogP contribution >= 0.6 is 0 Å². The Kier molecular flexibility index (Phi) is 6.44. The van der Waals surface area contributed by atoms with E-state index < -0.39 is 17.8 Å². The molecule has 1 aromatic carbocycles. The summed E-state index contributed by atoms with van der Waals surface area (Å²) < 4.78 is 43.4. The number of urea groups is 1. The molecule has 0 bridgehead atoms. The lowest BCUT2D eigenvalue weighted by molar-refractivity contribution is -0.136. The number of halogens is 3. The lowest BCUT2D eigenvalue weighted by Gasteiger charge is -2.23. The predicted molar refractivity (Wildman–Crippen MR) is 73.0 cm³/mol. The zero-order chi connectivity index (χ0) is 15.9. The fraction of sp³-hybridized carbons (Fsp3) is 0.462. The first-order valence-electron chi connectivity index (χ1n) is 6.31. The van der Waals surface area contributed by atoms with Crippen LogP contribution in [-0.4, -0.2) is 44.3 Å². The third-order valence-corrected chi connectivity index (χ3v) is 2.73. The maximum Gasteiger partial charge on any atom is 0.418 e. The summed E-state index contributed by atoms with van der Waals surface area (Å²) in [4.78, 5) is 13.3. The molecule has 0 aromatic heterocycles. The minimum Gasteiger partial charge on any atom is -0.383 e. The molecule has 8 heteroatoms. The first-order valence-corrected chi connectivity index (χ1v) is 6.31. The molecule has 0 heterocycles. The molecular formula is C13H18F3N3O2. The molecule has 21 heavy (non-hydrogen) atoms. The lowest BCUT2D eigenvalue weighted by atomic mass is 10.1. The van der Waals surface area contributed by atoms with Crippen molar-refractivity contribution < 1.29 is 22.7 Å². The largest absolute Gasteiger partial charge is 0.418 e. The van der Waals surface area contributed by atoms with E-state index in [2.05, 4.69) is 5.32 Å². The van der Waals surface area contributed by atoms with Gasteiger partial charge in [-0.3, -0.25) is 0 Å². The number of rotatable bonds is 6. The number of carbonyl (C=O) groups is 1. The summed E-state index contributed by atoms with van der Waals surface area (Å²) in [5, 5.41) is 2.27. The number of carbonyl (C=O) groups excluding carboxylic acids is 1. The Bertz CT molecular complexity index is 466. The lowest BCUT2D eigenvalue weighted by Crippen LogP contribution is -2.40. The van der Waals surface area contributed by atoms with Crippen molar-refractivity contribution in [2.45, 2.75) is 6.18 Å². The van der Waals surface area contributed by atoms with Gasteiger partial charge in [0.2, 0.25) is 0 Å². The van der Waals surface area contributed by atoms with Crippen molar-refractivity contribution in [3.05, 3.63) is 29.8 Å². The Hall–Kier alpha value is -1.80. The number of nitrogens with zero attached hydrogens (tertiary/aromatic N) is 1. The summed E-state index contributed by atoms with van der Waals surface area (Å²) in [5.41, 5.74) is 4.22. The highest BCUT2D eigenvalue weighted by molar-refractivity contribution is 5.90. The number of amides is 2. The molecule has 0 saturated carbocycles. The number of anilines is 1. The van der Waals surface area contributed by atoms with E-state index in [1.807, 2.05) is 0 Å². The third-order valence-electron chi connectivity index (χ3n) is 2.73. The molecule has 0 aliphatic carbocycles. The predicted octanol–water partition coefficient (Wildman–Crippen LogP) is 2.14. The van der Waals surface area contributed by atoms with Crippen molar-refractivity contribution in [2.75, 3.05) is 38.7 Å². The number of nitrogens with two attached hydrogens (primary N) is 1. The Balaban J connectivity index is 2.86. The van der Waals surface area contributed by atoms with Crippen LogP contribution in [0, 0.1) is 0 Å². The van der Waals surface area contributed by atoms with Gasteiger partial charge in [0.1, 0.15) is 0 Å². The highest BCUT2D eigenvalue weighted by Gasteiger charge is 2.33. The molecule has 2 amide bonds. The van der Waals surface area contributed by atoms with Gasteiger partial charge >= 0.3 is 12.2 Å². The number of nitrogens with one attached hydrogen (secondary N) is 1. The number of hydrogen-bond donors (Lipinski definition) is 2. The summed E-state index contributed by atoms with van der Waals surface area (Å²) in [7, 11) is 1.47. The monoisotopic (exact) mass is 305 g/mol. The van der Waals surface area contributed by atoms with Crippen LogP contribution in [0.5, 0.6) is 0 Å². The van der Waals surface area contributed by atoms with Crippen molar-refractivity contribution in [1.82, 2.24) is 4.90 Å². The fourth-order valence-corrected chi connectivity index (χ4v) is 1.71. The van der Waals surface area contributed by atoms with Crippen LogP contribution in [0.4, 0.5) is 23.7 Å². The molecule has 0 fully saturated rings. The van der Waals surface area contributed by atoms with Crippen LogP contribution in [0.2, 0.25) is 0 Å². The second-order valence-electron chi connectivity index (χ2n) is 4.24. The van der Waals surface area contributed by atoms with Crippen LogP contribution < -0.4 is 11.1 Å². The molecule has 0 aliphatic heterocycles. The Labute approximate surface area is 120 Å². The maximum atomic E-state index is 12.8. The van der Waals surface area contributed by atoms with Crippen molar-refractivity contribution in [3.8, 4) is 0 Å². The van der Waals surface area contributed by atoms with Crippen molar-refractivity contribution >= 4 is 11.7 Å². The Morgan fingerprint density at radius 1 is 1.33 bits per heavy atom. The first-order chi connectivity index (χ1) is 9.90. The van der Waals surface area contributed by atoms with E-state index in [0.29, 0.717) is 0 Å². The molecule has 0 radical (unpaired) electrons. The average Bonchev–Trinajstić information content (AvgIpc) is 2.42. The molecule has 0 saturated heterocycles. The zero-order valence-corrected chi connectivity index (χ0v) is 11.6. The standard InChI is InChI=1S/C13H18F3N3O2/c1-21-9-8-19(7-6-17)12(20)18-11-5-3-2-4-10(11)13(14,15)16/h2-5H,6-9,17H2,1H3,(H,18,20). The molecule has 3 N–H and O–H groups in total. The Morgan fingerprint density at radius 3 is 2.57 bits per heavy atom. The maximum absolute atomic E-state index is 12.8. The van der Waals surface area contributed by atoms with Gasteiger partial charge < -0.3 is 20.7 Å².